The molecular weight excluding hydrogens is 334 g/mol. The van der Waals surface area contributed by atoms with Crippen LogP contribution in [-0.2, 0) is 0 Å². The fraction of sp³-hybridized carbons (Fsp3) is 1.00. The van der Waals surface area contributed by atoms with Gasteiger partial charge in [-0.25, -0.2) is 0 Å². The number of aliphatic hydroxyl groups is 1. The van der Waals surface area contributed by atoms with Gasteiger partial charge in [0.2, 0.25) is 0 Å². The van der Waals surface area contributed by atoms with Gasteiger partial charge < -0.3 is 20.6 Å². The van der Waals surface area contributed by atoms with Crippen LogP contribution in [0.15, 0.2) is 0 Å². The van der Waals surface area contributed by atoms with Crippen molar-refractivity contribution in [2.24, 2.45) is 11.8 Å². The van der Waals surface area contributed by atoms with Crippen molar-refractivity contribution >= 4 is 11.6 Å². The number of nitrogens with one attached hydrogen (secondary N) is 2. The second-order valence-electron chi connectivity index (χ2n) is 8.52. The minimum atomic E-state index is -0.150. The summed E-state index contributed by atoms with van der Waals surface area (Å²) in [6.07, 6.45) is 7.85. The van der Waals surface area contributed by atoms with Crippen LogP contribution < -0.4 is 10.6 Å². The zero-order valence-electron chi connectivity index (χ0n) is 16.1. The molecule has 4 nitrogen and oxygen atoms in total. The fourth-order valence-electron chi connectivity index (χ4n) is 5.39. The van der Waals surface area contributed by atoms with Crippen LogP contribution in [0.2, 0.25) is 0 Å². The summed E-state index contributed by atoms with van der Waals surface area (Å²) in [7, 11) is 0. The van der Waals surface area contributed by atoms with E-state index in [2.05, 4.69) is 29.4 Å². The molecule has 1 saturated heterocycles. The summed E-state index contributed by atoms with van der Waals surface area (Å²) in [5.41, 5.74) is 0. The second kappa shape index (κ2) is 9.36. The smallest absolute Gasteiger partial charge is 0.0595 e. The molecule has 3 fully saturated rings. The fourth-order valence-corrected chi connectivity index (χ4v) is 5.71. The molecule has 3 N–H and O–H groups in total. The maximum Gasteiger partial charge on any atom is 0.0595 e. The number of fused-ring (bicyclic) bond motifs is 1. The predicted octanol–water partition coefficient (Wildman–Crippen LogP) is 2.59. The molecule has 0 bridgehead atoms. The van der Waals surface area contributed by atoms with Gasteiger partial charge in [-0.3, -0.25) is 0 Å². The lowest BCUT2D eigenvalue weighted by Crippen LogP contribution is -2.58. The van der Waals surface area contributed by atoms with E-state index in [9.17, 15) is 5.11 Å². The number of aliphatic hydroxyl groups excluding tert-OH is 1. The van der Waals surface area contributed by atoms with E-state index < -0.39 is 0 Å². The van der Waals surface area contributed by atoms with Gasteiger partial charge in [-0.05, 0) is 76.4 Å². The van der Waals surface area contributed by atoms with Crippen molar-refractivity contribution < 1.29 is 5.11 Å². The summed E-state index contributed by atoms with van der Waals surface area (Å²) in [5, 5.41) is 18.7. The molecule has 0 amide bonds. The lowest BCUT2D eigenvalue weighted by atomic mass is 9.75. The third-order valence-corrected chi connectivity index (χ3v) is 7.41. The number of nitrogens with zero attached hydrogens (tertiary/aromatic N) is 1. The molecule has 3 aliphatic rings. The van der Waals surface area contributed by atoms with Crippen LogP contribution in [0.25, 0.3) is 0 Å². The first-order valence-corrected chi connectivity index (χ1v) is 11.1. The Morgan fingerprint density at radius 1 is 1.08 bits per heavy atom. The molecule has 0 aromatic rings. The number of halogens is 1. The molecule has 0 spiro atoms. The Labute approximate surface area is 159 Å². The van der Waals surface area contributed by atoms with Crippen LogP contribution in [-0.4, -0.2) is 65.8 Å². The number of hydrogen-bond acceptors (Lipinski definition) is 4. The molecule has 5 heteroatoms. The molecule has 7 atom stereocenters. The normalized spacial score (nSPS) is 42.4. The molecule has 3 rings (SSSR count). The Morgan fingerprint density at radius 2 is 1.88 bits per heavy atom. The van der Waals surface area contributed by atoms with Crippen LogP contribution in [0.3, 0.4) is 0 Å². The van der Waals surface area contributed by atoms with Crippen molar-refractivity contribution in [2.45, 2.75) is 88.4 Å². The number of rotatable bonds is 6. The Morgan fingerprint density at radius 3 is 2.60 bits per heavy atom. The summed E-state index contributed by atoms with van der Waals surface area (Å²) in [6, 6.07) is 1.68. The van der Waals surface area contributed by atoms with Crippen molar-refractivity contribution in [1.29, 1.82) is 0 Å². The van der Waals surface area contributed by atoms with Gasteiger partial charge in [0.25, 0.3) is 0 Å². The Hall–Kier alpha value is 0.130. The molecule has 25 heavy (non-hydrogen) atoms. The maximum absolute atomic E-state index is 10.7. The highest BCUT2D eigenvalue weighted by atomic mass is 35.5. The number of piperidine rings is 1. The first-order chi connectivity index (χ1) is 12.1. The Balaban J connectivity index is 1.49. The summed E-state index contributed by atoms with van der Waals surface area (Å²) in [5.74, 6) is 1.17. The average Bonchev–Trinajstić information content (AvgIpc) is 2.61. The van der Waals surface area contributed by atoms with Crippen molar-refractivity contribution in [3.8, 4) is 0 Å². The van der Waals surface area contributed by atoms with E-state index in [0.717, 1.165) is 51.9 Å². The van der Waals surface area contributed by atoms with Gasteiger partial charge in [0.05, 0.1) is 6.10 Å². The molecule has 0 aromatic carbocycles. The van der Waals surface area contributed by atoms with E-state index in [1.165, 1.54) is 19.3 Å². The highest BCUT2D eigenvalue weighted by Crippen LogP contribution is 2.35. The van der Waals surface area contributed by atoms with E-state index >= 15 is 0 Å². The van der Waals surface area contributed by atoms with Gasteiger partial charge >= 0.3 is 0 Å². The quantitative estimate of drug-likeness (QED) is 0.628. The van der Waals surface area contributed by atoms with Crippen molar-refractivity contribution in [1.82, 2.24) is 15.5 Å². The van der Waals surface area contributed by atoms with Gasteiger partial charge in [0.15, 0.2) is 0 Å². The number of hydrogen-bond donors (Lipinski definition) is 3. The molecule has 146 valence electrons. The highest BCUT2D eigenvalue weighted by Gasteiger charge is 2.39. The molecule has 7 unspecified atom stereocenters. The van der Waals surface area contributed by atoms with Gasteiger partial charge in [0.1, 0.15) is 0 Å². The van der Waals surface area contributed by atoms with Crippen LogP contribution in [0.5, 0.6) is 0 Å². The van der Waals surface area contributed by atoms with E-state index in [0.29, 0.717) is 35.3 Å². The van der Waals surface area contributed by atoms with E-state index in [1.807, 2.05) is 0 Å². The standard InChI is InChI=1S/C20H38ClN3O/c1-3-24(4-2)13-14-5-7-16(12-20(14)25)23-18-9-10-22-19-11-15(21)6-8-17(18)19/h14-20,22-23,25H,3-13H2,1-2H3. The zero-order valence-corrected chi connectivity index (χ0v) is 16.8. The van der Waals surface area contributed by atoms with Gasteiger partial charge in [-0.15, -0.1) is 11.6 Å². The Bertz CT molecular complexity index is 406. The third-order valence-electron chi connectivity index (χ3n) is 7.01. The van der Waals surface area contributed by atoms with E-state index in [4.69, 9.17) is 11.6 Å². The molecule has 1 heterocycles. The molecule has 0 aromatic heterocycles. The van der Waals surface area contributed by atoms with Gasteiger partial charge in [-0.1, -0.05) is 13.8 Å². The van der Waals surface area contributed by atoms with Crippen molar-refractivity contribution in [2.75, 3.05) is 26.2 Å². The van der Waals surface area contributed by atoms with Crippen molar-refractivity contribution in [3.63, 3.8) is 0 Å². The molecule has 2 saturated carbocycles. The SMILES string of the molecule is CCN(CC)CC1CCC(NC2CCNC3CC(Cl)CCC32)CC1O. The monoisotopic (exact) mass is 371 g/mol. The van der Waals surface area contributed by atoms with Gasteiger partial charge in [0, 0.05) is 30.0 Å². The summed E-state index contributed by atoms with van der Waals surface area (Å²) in [4.78, 5) is 2.45. The molecule has 0 radical (unpaired) electrons. The predicted molar refractivity (Wildman–Crippen MR) is 105 cm³/mol. The average molecular weight is 372 g/mol. The molecular formula is C20H38ClN3O. The van der Waals surface area contributed by atoms with E-state index in [-0.39, 0.29) is 6.10 Å². The number of alkyl halides is 1. The van der Waals surface area contributed by atoms with Crippen LogP contribution in [0, 0.1) is 11.8 Å². The van der Waals surface area contributed by atoms with Gasteiger partial charge in [-0.2, -0.15) is 0 Å². The van der Waals surface area contributed by atoms with Crippen LogP contribution in [0.1, 0.15) is 58.8 Å². The lowest BCUT2D eigenvalue weighted by molar-refractivity contribution is 0.0289. The zero-order chi connectivity index (χ0) is 17.8. The lowest BCUT2D eigenvalue weighted by Gasteiger charge is -2.46. The summed E-state index contributed by atoms with van der Waals surface area (Å²) >= 11 is 6.38. The van der Waals surface area contributed by atoms with Crippen LogP contribution in [0.4, 0.5) is 0 Å². The van der Waals surface area contributed by atoms with Crippen LogP contribution >= 0.6 is 11.6 Å². The minimum Gasteiger partial charge on any atom is -0.393 e. The summed E-state index contributed by atoms with van der Waals surface area (Å²) in [6.45, 7) is 8.75. The van der Waals surface area contributed by atoms with E-state index in [1.54, 1.807) is 0 Å². The first-order valence-electron chi connectivity index (χ1n) is 10.6. The van der Waals surface area contributed by atoms with Crippen molar-refractivity contribution in [3.05, 3.63) is 0 Å². The third kappa shape index (κ3) is 5.10. The highest BCUT2D eigenvalue weighted by molar-refractivity contribution is 6.20. The Kier molecular flexibility index (Phi) is 7.45. The largest absolute Gasteiger partial charge is 0.393 e. The molecule has 2 aliphatic carbocycles. The maximum atomic E-state index is 10.7. The topological polar surface area (TPSA) is 47.5 Å². The second-order valence-corrected chi connectivity index (χ2v) is 9.14. The minimum absolute atomic E-state index is 0.150. The summed E-state index contributed by atoms with van der Waals surface area (Å²) < 4.78 is 0. The first kappa shape index (κ1) is 19.9. The molecule has 1 aliphatic heterocycles.